The maximum Gasteiger partial charge on any atom is 0.339 e. The smallest absolute Gasteiger partial charge is 0.339 e. The van der Waals surface area contributed by atoms with Gasteiger partial charge in [-0.25, -0.2) is 8.78 Å². The predicted octanol–water partition coefficient (Wildman–Crippen LogP) is 5.42. The number of hydrogen-bond donors (Lipinski definition) is 3. The second-order valence-electron chi connectivity index (χ2n) is 15.6. The number of benzene rings is 2. The Morgan fingerprint density at radius 2 is 1.13 bits per heavy atom. The van der Waals surface area contributed by atoms with Gasteiger partial charge in [0.15, 0.2) is 16.5 Å². The summed E-state index contributed by atoms with van der Waals surface area (Å²) in [4.78, 5) is -2.76. The molecule has 0 spiro atoms. The van der Waals surface area contributed by atoms with Crippen LogP contribution in [0.5, 0.6) is 5.75 Å². The van der Waals surface area contributed by atoms with Gasteiger partial charge in [-0.2, -0.15) is 25.6 Å². The molecule has 0 saturated heterocycles. The van der Waals surface area contributed by atoms with Crippen LogP contribution in [0, 0.1) is 46.9 Å². The van der Waals surface area contributed by atoms with Gasteiger partial charge < -0.3 is 14.4 Å². The molecule has 14 heteroatoms. The van der Waals surface area contributed by atoms with Crippen LogP contribution in [-0.2, 0) is 31.1 Å². The van der Waals surface area contributed by atoms with Crippen LogP contribution in [0.1, 0.15) is 88.2 Å². The van der Waals surface area contributed by atoms with E-state index in [-0.39, 0.29) is 35.7 Å². The number of rotatable bonds is 6. The van der Waals surface area contributed by atoms with Crippen LogP contribution in [0.3, 0.4) is 0 Å². The maximum absolute atomic E-state index is 15.1. The molecule has 4 unspecified atom stereocenters. The molecule has 8 aliphatic rings. The van der Waals surface area contributed by atoms with Gasteiger partial charge in [0.05, 0.1) is 11.2 Å². The molecule has 8 bridgehead atoms. The van der Waals surface area contributed by atoms with Gasteiger partial charge in [-0.1, -0.05) is 12.1 Å². The summed E-state index contributed by atoms with van der Waals surface area (Å²) in [7, 11) is -11.0. The molecular weight excluding hydrogens is 652 g/mol. The molecule has 2 aromatic rings. The summed E-state index contributed by atoms with van der Waals surface area (Å²) in [5.41, 5.74) is -2.39. The third-order valence-corrected chi connectivity index (χ3v) is 14.3. The lowest BCUT2D eigenvalue weighted by Crippen LogP contribution is -2.58. The third kappa shape index (κ3) is 4.52. The Bertz CT molecular complexity index is 1860. The fourth-order valence-corrected chi connectivity index (χ4v) is 13.5. The van der Waals surface area contributed by atoms with Crippen LogP contribution in [0.15, 0.2) is 28.0 Å². The first-order chi connectivity index (χ1) is 21.3. The van der Waals surface area contributed by atoms with E-state index in [0.29, 0.717) is 50.5 Å². The minimum Gasteiger partial charge on any atom is -0.390 e. The van der Waals surface area contributed by atoms with Crippen LogP contribution >= 0.6 is 0 Å². The molecule has 2 aromatic carbocycles. The second kappa shape index (κ2) is 9.46. The van der Waals surface area contributed by atoms with Gasteiger partial charge in [-0.3, -0.25) is 4.55 Å². The monoisotopic (exact) mass is 686 g/mol. The Morgan fingerprint density at radius 1 is 0.674 bits per heavy atom. The largest absolute Gasteiger partial charge is 0.390 e. The van der Waals surface area contributed by atoms with Crippen LogP contribution in [0.25, 0.3) is 0 Å². The van der Waals surface area contributed by atoms with Crippen molar-refractivity contribution < 1.29 is 53.3 Å². The van der Waals surface area contributed by atoms with Crippen molar-refractivity contribution in [3.05, 3.63) is 52.6 Å². The van der Waals surface area contributed by atoms with Crippen LogP contribution < -0.4 is 4.18 Å². The molecule has 3 N–H and O–H groups in total. The zero-order chi connectivity index (χ0) is 32.8. The topological polar surface area (TPSA) is 138 Å². The van der Waals surface area contributed by atoms with E-state index in [2.05, 4.69) is 0 Å². The normalized spacial score (nSPS) is 39.3. The Kier molecular flexibility index (Phi) is 6.38. The lowest BCUT2D eigenvalue weighted by molar-refractivity contribution is -0.138. The predicted molar refractivity (Wildman–Crippen MR) is 153 cm³/mol. The average Bonchev–Trinajstić information content (AvgIpc) is 2.91. The van der Waals surface area contributed by atoms with E-state index < -0.39 is 81.1 Å². The summed E-state index contributed by atoms with van der Waals surface area (Å²) in [6.07, 6.45) is 7.61. The fourth-order valence-electron chi connectivity index (χ4n) is 11.6. The molecule has 0 aromatic heterocycles. The highest BCUT2D eigenvalue weighted by atomic mass is 32.2. The van der Waals surface area contributed by atoms with Crippen LogP contribution in [0.2, 0.25) is 0 Å². The zero-order valence-corrected chi connectivity index (χ0v) is 26.4. The Morgan fingerprint density at radius 3 is 1.59 bits per heavy atom. The van der Waals surface area contributed by atoms with Crippen molar-refractivity contribution in [1.82, 2.24) is 0 Å². The highest BCUT2D eigenvalue weighted by Gasteiger charge is 2.60. The van der Waals surface area contributed by atoms with E-state index in [1.807, 2.05) is 6.07 Å². The summed E-state index contributed by atoms with van der Waals surface area (Å²) in [6, 6.07) is 4.91. The van der Waals surface area contributed by atoms with E-state index in [1.54, 1.807) is 6.07 Å². The highest BCUT2D eigenvalue weighted by molar-refractivity contribution is 7.87. The Balaban J connectivity index is 1.29. The van der Waals surface area contributed by atoms with Gasteiger partial charge in [-0.05, 0) is 129 Å². The van der Waals surface area contributed by atoms with Gasteiger partial charge in [-0.15, -0.1) is 0 Å². The third-order valence-electron chi connectivity index (χ3n) is 12.1. The average molecular weight is 687 g/mol. The molecule has 8 aliphatic carbocycles. The Hall–Kier alpha value is -2.26. The summed E-state index contributed by atoms with van der Waals surface area (Å²) in [5, 5.41) is 22.9. The van der Waals surface area contributed by atoms with Crippen molar-refractivity contribution >= 4 is 20.2 Å². The quantitative estimate of drug-likeness (QED) is 0.159. The van der Waals surface area contributed by atoms with E-state index in [1.165, 1.54) is 6.07 Å². The molecule has 0 heterocycles. The minimum absolute atomic E-state index is 0.130. The molecule has 8 fully saturated rings. The van der Waals surface area contributed by atoms with E-state index in [9.17, 15) is 35.8 Å². The molecule has 0 radical (unpaired) electrons. The summed E-state index contributed by atoms with van der Waals surface area (Å²) in [5.74, 6) is -11.2. The first-order valence-corrected chi connectivity index (χ1v) is 18.6. The minimum atomic E-state index is -5.77. The number of halogens is 4. The van der Waals surface area contributed by atoms with Crippen molar-refractivity contribution in [3.63, 3.8) is 0 Å². The van der Waals surface area contributed by atoms with Crippen molar-refractivity contribution in [3.8, 4) is 5.75 Å². The van der Waals surface area contributed by atoms with Gasteiger partial charge in [0.25, 0.3) is 0 Å². The molecule has 4 atom stereocenters. The van der Waals surface area contributed by atoms with Gasteiger partial charge >= 0.3 is 20.2 Å². The molecule has 8 saturated carbocycles. The zero-order valence-electron chi connectivity index (χ0n) is 24.7. The van der Waals surface area contributed by atoms with Gasteiger partial charge in [0.2, 0.25) is 17.4 Å². The first kappa shape index (κ1) is 31.0. The summed E-state index contributed by atoms with van der Waals surface area (Å²) < 4.78 is 125. The highest BCUT2D eigenvalue weighted by Crippen LogP contribution is 2.65. The van der Waals surface area contributed by atoms with Crippen molar-refractivity contribution in [2.75, 3.05) is 0 Å². The van der Waals surface area contributed by atoms with Crippen molar-refractivity contribution in [2.45, 2.75) is 109 Å². The number of hydrogen-bond acceptors (Lipinski definition) is 7. The lowest BCUT2D eigenvalue weighted by Gasteiger charge is -2.61. The molecular formula is C32H34F4O8S2. The first-order valence-electron chi connectivity index (χ1n) is 15.7. The van der Waals surface area contributed by atoms with Crippen molar-refractivity contribution in [1.29, 1.82) is 0 Å². The molecule has 250 valence electrons. The molecule has 10 rings (SSSR count). The molecule has 0 amide bonds. The van der Waals surface area contributed by atoms with E-state index in [4.69, 9.17) is 8.74 Å². The van der Waals surface area contributed by atoms with E-state index >= 15 is 8.78 Å². The number of aliphatic hydroxyl groups is 2. The summed E-state index contributed by atoms with van der Waals surface area (Å²) >= 11 is 0. The lowest BCUT2D eigenvalue weighted by atomic mass is 9.45. The van der Waals surface area contributed by atoms with Gasteiger partial charge in [0, 0.05) is 0 Å². The maximum atomic E-state index is 15.1. The molecule has 8 nitrogen and oxygen atoms in total. The van der Waals surface area contributed by atoms with Crippen molar-refractivity contribution in [2.24, 2.45) is 23.7 Å². The molecule has 0 aliphatic heterocycles. The Labute approximate surface area is 264 Å². The standard InChI is InChI=1S/C32H34F4O8S2/c33-23-25(35)28(45(39,40)41)26(36)24(34)27(23)44-46(42,43)22-5-20(29-6-16-3-17(7-29)11-31(37,10-16)14-29)1-2-21(22)30-8-18-4-19(9-30)13-32(38,12-18)15-30/h1-2,5,16-19,37-38H,3-4,6-15H2,(H,39,40,41). The van der Waals surface area contributed by atoms with Crippen LogP contribution in [0.4, 0.5) is 17.6 Å². The van der Waals surface area contributed by atoms with E-state index in [0.717, 1.165) is 25.7 Å². The SMILES string of the molecule is O=S(=O)(O)c1c(F)c(F)c(OS(=O)(=O)c2cc(C34CC5CC(CC(O)(C5)C3)C4)ccc2C23CC4CC(CC(O)(C4)C2)C3)c(F)c1F. The fraction of sp³-hybridized carbons (Fsp3) is 0.625. The van der Waals surface area contributed by atoms with Gasteiger partial charge in [0.1, 0.15) is 4.90 Å². The summed E-state index contributed by atoms with van der Waals surface area (Å²) in [6.45, 7) is 0. The molecule has 46 heavy (non-hydrogen) atoms. The van der Waals surface area contributed by atoms with Crippen LogP contribution in [-0.4, -0.2) is 42.8 Å². The second-order valence-corrected chi connectivity index (χ2v) is 18.4.